The third-order valence-electron chi connectivity index (χ3n) is 7.91. The first kappa shape index (κ1) is 20.2. The number of aliphatic hydroxyl groups excluding tert-OH is 1. The molecule has 0 aromatic carbocycles. The monoisotopic (exact) mass is 386 g/mol. The van der Waals surface area contributed by atoms with Gasteiger partial charge in [0.1, 0.15) is 0 Å². The first-order valence-corrected chi connectivity index (χ1v) is 11.2. The zero-order valence-electron chi connectivity index (χ0n) is 15.6. The minimum Gasteiger partial charge on any atom is -0.393 e. The van der Waals surface area contributed by atoms with Crippen molar-refractivity contribution < 1.29 is 29.1 Å². The summed E-state index contributed by atoms with van der Waals surface area (Å²) in [6, 6.07) is 0. The molecule has 0 aromatic rings. The Balaban J connectivity index is 0.000000349. The Morgan fingerprint density at radius 2 is 1.65 bits per heavy atom. The third-order valence-corrected chi connectivity index (χ3v) is 7.91. The predicted molar refractivity (Wildman–Crippen MR) is 97.0 cm³/mol. The Bertz CT molecular complexity index is 646. The summed E-state index contributed by atoms with van der Waals surface area (Å²) in [6.45, 7) is 4.76. The molecule has 4 rings (SSSR count). The van der Waals surface area contributed by atoms with Crippen LogP contribution < -0.4 is 0 Å². The summed E-state index contributed by atoms with van der Waals surface area (Å²) in [4.78, 5) is 33.3. The molecule has 3 fully saturated rings. The molecule has 0 saturated heterocycles. The lowest BCUT2D eigenvalue weighted by molar-refractivity contribution is -0.118. The molecule has 3 saturated carbocycles. The van der Waals surface area contributed by atoms with Gasteiger partial charge in [-0.25, -0.2) is 4.57 Å². The van der Waals surface area contributed by atoms with Crippen molar-refractivity contribution in [2.75, 3.05) is 0 Å². The summed E-state index contributed by atoms with van der Waals surface area (Å²) in [5, 5.41) is 10.4. The molecule has 26 heavy (non-hydrogen) atoms. The van der Waals surface area contributed by atoms with Crippen molar-refractivity contribution in [3.8, 4) is 0 Å². The Hall–Kier alpha value is -0.520. The van der Waals surface area contributed by atoms with Crippen LogP contribution in [0.3, 0.4) is 0 Å². The van der Waals surface area contributed by atoms with Gasteiger partial charge < -0.3 is 19.8 Å². The highest BCUT2D eigenvalue weighted by Gasteiger charge is 2.58. The van der Waals surface area contributed by atoms with Gasteiger partial charge in [-0.05, 0) is 79.6 Å². The zero-order valence-corrected chi connectivity index (χ0v) is 16.5. The molecule has 0 bridgehead atoms. The second-order valence-electron chi connectivity index (χ2n) is 9.12. The molecule has 4 aliphatic carbocycles. The number of aliphatic hydroxyl groups is 1. The van der Waals surface area contributed by atoms with E-state index in [4.69, 9.17) is 19.2 Å². The van der Waals surface area contributed by atoms with Crippen molar-refractivity contribution in [3.05, 3.63) is 11.6 Å². The quantitative estimate of drug-likeness (QED) is 0.476. The number of carbonyl (C=O) groups excluding carboxylic acids is 1. The molecule has 0 amide bonds. The number of fused-ring (bicyclic) bond motifs is 5. The van der Waals surface area contributed by atoms with E-state index in [1.807, 2.05) is 6.08 Å². The molecular weight excluding hydrogens is 355 g/mol. The Labute approximate surface area is 154 Å². The number of hydrogen-bond donors (Lipinski definition) is 4. The van der Waals surface area contributed by atoms with Crippen LogP contribution in [0.2, 0.25) is 0 Å². The van der Waals surface area contributed by atoms with Crippen molar-refractivity contribution >= 4 is 13.6 Å². The van der Waals surface area contributed by atoms with Gasteiger partial charge >= 0.3 is 7.82 Å². The van der Waals surface area contributed by atoms with E-state index in [1.54, 1.807) is 0 Å². The molecule has 7 heteroatoms. The molecule has 4 aliphatic rings. The van der Waals surface area contributed by atoms with E-state index >= 15 is 0 Å². The number of carbonyl (C=O) groups is 1. The molecular formula is C19H31O6P. The second kappa shape index (κ2) is 6.82. The Morgan fingerprint density at radius 3 is 2.31 bits per heavy atom. The van der Waals surface area contributed by atoms with Gasteiger partial charge in [-0.3, -0.25) is 4.79 Å². The molecule has 6 atom stereocenters. The average molecular weight is 386 g/mol. The van der Waals surface area contributed by atoms with Crippen LogP contribution in [0.25, 0.3) is 0 Å². The van der Waals surface area contributed by atoms with Crippen molar-refractivity contribution in [3.63, 3.8) is 0 Å². The number of ketones is 1. The SMILES string of the molecule is C[C@]12CC[C@H]3[C@@H](CCC4=CC(=O)CC[C@@]43C)[C@@H]1CC[C@@H]2O.O=P(O)(O)O. The lowest BCUT2D eigenvalue weighted by Gasteiger charge is -2.57. The largest absolute Gasteiger partial charge is 0.466 e. The molecule has 0 heterocycles. The second-order valence-corrected chi connectivity index (χ2v) is 10.1. The van der Waals surface area contributed by atoms with Gasteiger partial charge in [0.15, 0.2) is 5.78 Å². The van der Waals surface area contributed by atoms with E-state index in [1.165, 1.54) is 31.3 Å². The van der Waals surface area contributed by atoms with Gasteiger partial charge in [0.2, 0.25) is 0 Å². The first-order chi connectivity index (χ1) is 11.9. The highest BCUT2D eigenvalue weighted by atomic mass is 31.2. The van der Waals surface area contributed by atoms with Crippen LogP contribution in [-0.2, 0) is 9.36 Å². The van der Waals surface area contributed by atoms with Crippen LogP contribution in [0.15, 0.2) is 11.6 Å². The fraction of sp³-hybridized carbons (Fsp3) is 0.842. The maximum absolute atomic E-state index is 11.8. The molecule has 4 N–H and O–H groups in total. The van der Waals surface area contributed by atoms with Crippen LogP contribution >= 0.6 is 7.82 Å². The number of phosphoric acid groups is 1. The number of rotatable bonds is 0. The zero-order chi connectivity index (χ0) is 19.3. The summed E-state index contributed by atoms with van der Waals surface area (Å²) < 4.78 is 8.88. The minimum atomic E-state index is -4.64. The summed E-state index contributed by atoms with van der Waals surface area (Å²) in [5.41, 5.74) is 1.89. The fourth-order valence-electron chi connectivity index (χ4n) is 6.53. The standard InChI is InChI=1S/C19H28O2.H3O4P/c1-18-9-7-13(20)11-12(18)3-4-14-15-5-6-17(21)19(15,2)10-8-16(14)18;1-5(2,3)4/h11,14-17,21H,3-10H2,1-2H3;(H3,1,2,3,4)/t14-,15-,16-,17-,18-,19-;/m0./s1. The predicted octanol–water partition coefficient (Wildman–Crippen LogP) is 2.95. The lowest BCUT2D eigenvalue weighted by Crippen LogP contribution is -2.51. The van der Waals surface area contributed by atoms with E-state index in [0.717, 1.165) is 37.5 Å². The van der Waals surface area contributed by atoms with Crippen molar-refractivity contribution in [1.29, 1.82) is 0 Å². The summed E-state index contributed by atoms with van der Waals surface area (Å²) in [5.74, 6) is 2.57. The summed E-state index contributed by atoms with van der Waals surface area (Å²) >= 11 is 0. The topological polar surface area (TPSA) is 115 Å². The highest BCUT2D eigenvalue weighted by Crippen LogP contribution is 2.65. The van der Waals surface area contributed by atoms with Gasteiger partial charge in [0.05, 0.1) is 6.10 Å². The summed E-state index contributed by atoms with van der Waals surface area (Å²) in [7, 11) is -4.64. The smallest absolute Gasteiger partial charge is 0.393 e. The van der Waals surface area contributed by atoms with Gasteiger partial charge in [-0.15, -0.1) is 0 Å². The maximum Gasteiger partial charge on any atom is 0.466 e. The Kier molecular flexibility index (Phi) is 5.31. The summed E-state index contributed by atoms with van der Waals surface area (Å²) in [6.07, 6.45) is 10.7. The van der Waals surface area contributed by atoms with Crippen LogP contribution in [0.4, 0.5) is 0 Å². The van der Waals surface area contributed by atoms with Gasteiger partial charge in [0, 0.05) is 6.42 Å². The first-order valence-electron chi connectivity index (χ1n) is 9.65. The van der Waals surface area contributed by atoms with Crippen LogP contribution in [0.5, 0.6) is 0 Å². The number of allylic oxidation sites excluding steroid dienone is 1. The van der Waals surface area contributed by atoms with Gasteiger partial charge in [-0.1, -0.05) is 19.4 Å². The van der Waals surface area contributed by atoms with Crippen LogP contribution in [0.1, 0.15) is 65.2 Å². The maximum atomic E-state index is 11.8. The van der Waals surface area contributed by atoms with Gasteiger partial charge in [-0.2, -0.15) is 0 Å². The van der Waals surface area contributed by atoms with Crippen LogP contribution in [0, 0.1) is 28.6 Å². The molecule has 0 aromatic heterocycles. The average Bonchev–Trinajstić information content (AvgIpc) is 2.82. The number of hydrogen-bond acceptors (Lipinski definition) is 3. The molecule has 0 unspecified atom stereocenters. The molecule has 148 valence electrons. The van der Waals surface area contributed by atoms with Gasteiger partial charge in [0.25, 0.3) is 0 Å². The molecule has 0 aliphatic heterocycles. The fourth-order valence-corrected chi connectivity index (χ4v) is 6.53. The lowest BCUT2D eigenvalue weighted by atomic mass is 9.47. The van der Waals surface area contributed by atoms with E-state index in [9.17, 15) is 9.90 Å². The normalized spacial score (nSPS) is 44.8. The van der Waals surface area contributed by atoms with E-state index in [-0.39, 0.29) is 16.9 Å². The van der Waals surface area contributed by atoms with Crippen molar-refractivity contribution in [1.82, 2.24) is 0 Å². The van der Waals surface area contributed by atoms with E-state index in [2.05, 4.69) is 13.8 Å². The Morgan fingerprint density at radius 1 is 1.00 bits per heavy atom. The highest BCUT2D eigenvalue weighted by molar-refractivity contribution is 7.45. The molecule has 6 nitrogen and oxygen atoms in total. The third kappa shape index (κ3) is 3.59. The van der Waals surface area contributed by atoms with Crippen molar-refractivity contribution in [2.45, 2.75) is 71.3 Å². The van der Waals surface area contributed by atoms with E-state index < -0.39 is 7.82 Å². The molecule has 0 radical (unpaired) electrons. The molecule has 0 spiro atoms. The van der Waals surface area contributed by atoms with Crippen LogP contribution in [-0.4, -0.2) is 31.7 Å². The minimum absolute atomic E-state index is 0.0823. The van der Waals surface area contributed by atoms with Crippen molar-refractivity contribution in [2.24, 2.45) is 28.6 Å². The van der Waals surface area contributed by atoms with E-state index in [0.29, 0.717) is 11.7 Å².